The van der Waals surface area contributed by atoms with E-state index in [4.69, 9.17) is 9.84 Å². The van der Waals surface area contributed by atoms with Crippen LogP contribution in [0.15, 0.2) is 44.3 Å². The first-order valence-electron chi connectivity index (χ1n) is 7.10. The van der Waals surface area contributed by atoms with Crippen LogP contribution in [-0.4, -0.2) is 47.3 Å². The lowest BCUT2D eigenvalue weighted by atomic mass is 9.97. The van der Waals surface area contributed by atoms with Crippen molar-refractivity contribution in [3.8, 4) is 0 Å². The van der Waals surface area contributed by atoms with Gasteiger partial charge in [-0.3, -0.25) is 0 Å². The summed E-state index contributed by atoms with van der Waals surface area (Å²) in [7, 11) is 3.97. The largest absolute Gasteiger partial charge is 0.411 e. The number of fused-ring (bicyclic) bond motifs is 1. The Morgan fingerprint density at radius 3 is 2.65 bits per heavy atom. The lowest BCUT2D eigenvalue weighted by Crippen LogP contribution is -2.23. The normalized spacial score (nSPS) is 17.8. The molecule has 1 aromatic carbocycles. The monoisotopic (exact) mass is 312 g/mol. The maximum Gasteiger partial charge on any atom is 0.160 e. The van der Waals surface area contributed by atoms with Crippen molar-refractivity contribution in [3.05, 3.63) is 41.2 Å². The lowest BCUT2D eigenvalue weighted by molar-refractivity contribution is 0.303. The van der Waals surface area contributed by atoms with Crippen LogP contribution in [0, 0.1) is 0 Å². The second kappa shape index (κ2) is 6.39. The molecule has 1 aliphatic carbocycles. The van der Waals surface area contributed by atoms with Gasteiger partial charge in [-0.15, -0.1) is 5.10 Å². The van der Waals surface area contributed by atoms with E-state index in [1.54, 1.807) is 6.21 Å². The molecule has 1 heterocycles. The van der Waals surface area contributed by atoms with Gasteiger partial charge in [0.2, 0.25) is 0 Å². The van der Waals surface area contributed by atoms with Gasteiger partial charge in [0.05, 0.1) is 6.21 Å². The molecule has 0 amide bonds. The number of hydrogen-bond donors (Lipinski definition) is 1. The van der Waals surface area contributed by atoms with E-state index in [2.05, 4.69) is 25.7 Å². The number of benzene rings is 1. The van der Waals surface area contributed by atoms with E-state index in [-0.39, 0.29) is 0 Å². The molecular formula is C15H16N6O2. The van der Waals surface area contributed by atoms with Gasteiger partial charge in [0.25, 0.3) is 0 Å². The summed E-state index contributed by atoms with van der Waals surface area (Å²) in [5, 5.41) is 28.2. The minimum atomic E-state index is 0.385. The second-order valence-corrected chi connectivity index (χ2v) is 5.29. The number of rotatable bonds is 3. The number of hydrogen-bond acceptors (Lipinski definition) is 8. The molecule has 118 valence electrons. The number of nitrogens with zero attached hydrogens (tertiary/aromatic N) is 6. The number of oxime groups is 1. The van der Waals surface area contributed by atoms with Crippen LogP contribution in [0.2, 0.25) is 0 Å². The lowest BCUT2D eigenvalue weighted by Gasteiger charge is -2.11. The zero-order chi connectivity index (χ0) is 16.2. The average Bonchev–Trinajstić information content (AvgIpc) is 3.04. The number of aryl methyl sites for hydroxylation is 1. The third-order valence-corrected chi connectivity index (χ3v) is 3.55. The summed E-state index contributed by atoms with van der Waals surface area (Å²) in [4.78, 5) is 2.02. The van der Waals surface area contributed by atoms with Crippen LogP contribution in [0.5, 0.6) is 0 Å². The molecule has 3 rings (SSSR count). The minimum Gasteiger partial charge on any atom is -0.411 e. The Morgan fingerprint density at radius 1 is 1.17 bits per heavy atom. The summed E-state index contributed by atoms with van der Waals surface area (Å²) in [5.74, 6) is 0. The van der Waals surface area contributed by atoms with Gasteiger partial charge in [-0.05, 0) is 22.9 Å². The second-order valence-electron chi connectivity index (χ2n) is 5.29. The highest BCUT2D eigenvalue weighted by Gasteiger charge is 2.27. The van der Waals surface area contributed by atoms with E-state index in [0.717, 1.165) is 11.3 Å². The highest BCUT2D eigenvalue weighted by atomic mass is 16.6. The van der Waals surface area contributed by atoms with Crippen LogP contribution in [-0.2, 0) is 6.42 Å². The van der Waals surface area contributed by atoms with Crippen LogP contribution in [0.25, 0.3) is 0 Å². The third-order valence-electron chi connectivity index (χ3n) is 3.55. The molecular weight excluding hydrogens is 296 g/mol. The molecule has 0 saturated heterocycles. The summed E-state index contributed by atoms with van der Waals surface area (Å²) in [6.07, 6.45) is 2.75. The van der Waals surface area contributed by atoms with Crippen molar-refractivity contribution in [1.82, 2.24) is 10.3 Å². The molecule has 23 heavy (non-hydrogen) atoms. The highest BCUT2D eigenvalue weighted by Crippen LogP contribution is 2.17. The van der Waals surface area contributed by atoms with E-state index in [0.29, 0.717) is 35.7 Å². The zero-order valence-electron chi connectivity index (χ0n) is 12.8. The van der Waals surface area contributed by atoms with Crippen LogP contribution in [0.4, 0.5) is 5.69 Å². The SMILES string of the molecule is CN(C)c1ccc(/C=N/N=C2/C(=N/O)CCc3nonc32)cc1. The molecule has 2 aromatic rings. The molecule has 1 N–H and O–H groups in total. The number of anilines is 1. The van der Waals surface area contributed by atoms with Gasteiger partial charge in [-0.1, -0.05) is 22.4 Å². The Bertz CT molecular complexity index is 774. The molecule has 0 bridgehead atoms. The smallest absolute Gasteiger partial charge is 0.160 e. The van der Waals surface area contributed by atoms with E-state index in [1.165, 1.54) is 0 Å². The van der Waals surface area contributed by atoms with Gasteiger partial charge in [0.1, 0.15) is 17.1 Å². The Balaban J connectivity index is 1.84. The van der Waals surface area contributed by atoms with Crippen molar-refractivity contribution in [1.29, 1.82) is 0 Å². The Labute approximate surface area is 132 Å². The van der Waals surface area contributed by atoms with Gasteiger partial charge in [0.15, 0.2) is 5.69 Å². The summed E-state index contributed by atoms with van der Waals surface area (Å²) >= 11 is 0. The molecule has 0 spiro atoms. The van der Waals surface area contributed by atoms with E-state index in [1.807, 2.05) is 43.3 Å². The van der Waals surface area contributed by atoms with Gasteiger partial charge in [-0.25, -0.2) is 4.63 Å². The van der Waals surface area contributed by atoms with Crippen molar-refractivity contribution in [2.24, 2.45) is 15.4 Å². The Hall–Kier alpha value is -3.03. The maximum atomic E-state index is 9.10. The summed E-state index contributed by atoms with van der Waals surface area (Å²) in [6, 6.07) is 7.89. The summed E-state index contributed by atoms with van der Waals surface area (Å²) in [6.45, 7) is 0. The zero-order valence-corrected chi connectivity index (χ0v) is 12.8. The predicted octanol–water partition coefficient (Wildman–Crippen LogP) is 1.74. The van der Waals surface area contributed by atoms with Gasteiger partial charge in [-0.2, -0.15) is 5.10 Å². The van der Waals surface area contributed by atoms with Crippen molar-refractivity contribution >= 4 is 23.3 Å². The highest BCUT2D eigenvalue weighted by molar-refractivity contribution is 6.48. The van der Waals surface area contributed by atoms with Gasteiger partial charge >= 0.3 is 0 Å². The Morgan fingerprint density at radius 2 is 1.96 bits per heavy atom. The molecule has 1 aromatic heterocycles. The number of aromatic nitrogens is 2. The van der Waals surface area contributed by atoms with E-state index < -0.39 is 0 Å². The molecule has 0 aliphatic heterocycles. The van der Waals surface area contributed by atoms with Crippen molar-refractivity contribution in [3.63, 3.8) is 0 Å². The van der Waals surface area contributed by atoms with Crippen molar-refractivity contribution < 1.29 is 9.84 Å². The van der Waals surface area contributed by atoms with Crippen molar-refractivity contribution in [2.45, 2.75) is 12.8 Å². The molecule has 0 fully saturated rings. The molecule has 8 heteroatoms. The first-order chi connectivity index (χ1) is 11.2. The van der Waals surface area contributed by atoms with E-state index >= 15 is 0 Å². The fraction of sp³-hybridized carbons (Fsp3) is 0.267. The quantitative estimate of drug-likeness (QED) is 0.528. The predicted molar refractivity (Wildman–Crippen MR) is 86.7 cm³/mol. The maximum absolute atomic E-state index is 9.10. The molecule has 0 saturated carbocycles. The fourth-order valence-corrected chi connectivity index (χ4v) is 2.26. The molecule has 0 unspecified atom stereocenters. The van der Waals surface area contributed by atoms with E-state index in [9.17, 15) is 0 Å². The minimum absolute atomic E-state index is 0.385. The first-order valence-corrected chi connectivity index (χ1v) is 7.10. The standard InChI is InChI=1S/C15H16N6O2/c1-21(2)11-5-3-10(4-6-11)9-16-17-14-12(18-22)7-8-13-15(14)20-23-19-13/h3-6,9,22H,7-8H2,1-2H3/b16-9+,17-14-,18-12+. The van der Waals surface area contributed by atoms with Crippen LogP contribution in [0.3, 0.4) is 0 Å². The third kappa shape index (κ3) is 3.10. The molecule has 1 aliphatic rings. The molecule has 0 atom stereocenters. The summed E-state index contributed by atoms with van der Waals surface area (Å²) < 4.78 is 4.72. The first kappa shape index (κ1) is 14.9. The summed E-state index contributed by atoms with van der Waals surface area (Å²) in [5.41, 5.74) is 4.00. The fourth-order valence-electron chi connectivity index (χ4n) is 2.26. The molecule has 0 radical (unpaired) electrons. The van der Waals surface area contributed by atoms with Crippen molar-refractivity contribution in [2.75, 3.05) is 19.0 Å². The van der Waals surface area contributed by atoms with Crippen LogP contribution >= 0.6 is 0 Å². The average molecular weight is 312 g/mol. The van der Waals surface area contributed by atoms with Crippen LogP contribution < -0.4 is 4.90 Å². The molecule has 8 nitrogen and oxygen atoms in total. The topological polar surface area (TPSA) is 99.5 Å². The van der Waals surface area contributed by atoms with Gasteiger partial charge in [0, 0.05) is 32.6 Å². The van der Waals surface area contributed by atoms with Gasteiger partial charge < -0.3 is 10.1 Å². The van der Waals surface area contributed by atoms with Crippen LogP contribution in [0.1, 0.15) is 23.4 Å². The Kier molecular flexibility index (Phi) is 4.13.